The molecule has 0 aliphatic rings. The van der Waals surface area contributed by atoms with Gasteiger partial charge in [-0.15, -0.1) is 10.2 Å². The molecular formula is C21H18FN5O2. The molecule has 2 aromatic carbocycles. The topological polar surface area (TPSA) is 81.4 Å². The molecule has 4 rings (SSSR count). The number of carbonyl (C=O) groups is 1. The second kappa shape index (κ2) is 8.05. The number of methoxy groups -OCH3 is 1. The lowest BCUT2D eigenvalue weighted by molar-refractivity contribution is -0.120. The maximum Gasteiger partial charge on any atom is 0.224 e. The molecule has 146 valence electrons. The van der Waals surface area contributed by atoms with E-state index in [1.807, 2.05) is 36.4 Å². The summed E-state index contributed by atoms with van der Waals surface area (Å²) in [6.45, 7) is 0.161. The zero-order valence-corrected chi connectivity index (χ0v) is 15.7. The highest BCUT2D eigenvalue weighted by Crippen LogP contribution is 2.20. The molecule has 0 fully saturated rings. The number of hydrogen-bond donors (Lipinski definition) is 1. The van der Waals surface area contributed by atoms with Crippen molar-refractivity contribution in [1.82, 2.24) is 25.1 Å². The van der Waals surface area contributed by atoms with Crippen LogP contribution in [0.3, 0.4) is 0 Å². The largest absolute Gasteiger partial charge is 0.497 e. The van der Waals surface area contributed by atoms with Crippen LogP contribution in [0.5, 0.6) is 5.75 Å². The lowest BCUT2D eigenvalue weighted by Crippen LogP contribution is -2.25. The molecule has 7 nitrogen and oxygen atoms in total. The van der Waals surface area contributed by atoms with Gasteiger partial charge >= 0.3 is 0 Å². The average Bonchev–Trinajstić information content (AvgIpc) is 3.14. The van der Waals surface area contributed by atoms with E-state index in [0.29, 0.717) is 17.0 Å². The minimum atomic E-state index is -0.367. The van der Waals surface area contributed by atoms with Crippen LogP contribution in [-0.4, -0.2) is 32.8 Å². The Morgan fingerprint density at radius 1 is 1.10 bits per heavy atom. The first kappa shape index (κ1) is 18.5. The van der Waals surface area contributed by atoms with E-state index < -0.39 is 0 Å². The van der Waals surface area contributed by atoms with Gasteiger partial charge in [-0.1, -0.05) is 12.1 Å². The quantitative estimate of drug-likeness (QED) is 0.547. The smallest absolute Gasteiger partial charge is 0.224 e. The standard InChI is InChI=1S/C21H18FN5O2/c1-29-17-7-5-15(6-8-17)18-9-10-19-24-25-20(27(19)26-18)13-23-21(28)12-14-3-2-4-16(22)11-14/h2-11H,12-13H2,1H3,(H,23,28). The average molecular weight is 391 g/mol. The summed E-state index contributed by atoms with van der Waals surface area (Å²) in [4.78, 5) is 12.2. The Morgan fingerprint density at radius 3 is 2.69 bits per heavy atom. The summed E-state index contributed by atoms with van der Waals surface area (Å²) in [6.07, 6.45) is 0.0824. The van der Waals surface area contributed by atoms with Crippen molar-refractivity contribution < 1.29 is 13.9 Å². The van der Waals surface area contributed by atoms with E-state index in [4.69, 9.17) is 4.74 Å². The van der Waals surface area contributed by atoms with Crippen LogP contribution in [0, 0.1) is 5.82 Å². The minimum absolute atomic E-state index is 0.0824. The van der Waals surface area contributed by atoms with Crippen molar-refractivity contribution >= 4 is 11.6 Å². The summed E-state index contributed by atoms with van der Waals surface area (Å²) in [5, 5.41) is 15.6. The fourth-order valence-corrected chi connectivity index (χ4v) is 2.93. The summed E-state index contributed by atoms with van der Waals surface area (Å²) >= 11 is 0. The number of hydrogen-bond acceptors (Lipinski definition) is 5. The van der Waals surface area contributed by atoms with Crippen LogP contribution >= 0.6 is 0 Å². The summed E-state index contributed by atoms with van der Waals surface area (Å²) in [5.41, 5.74) is 2.85. The van der Waals surface area contributed by atoms with E-state index in [1.165, 1.54) is 12.1 Å². The Bertz CT molecular complexity index is 1160. The van der Waals surface area contributed by atoms with Crippen LogP contribution in [0.25, 0.3) is 16.9 Å². The van der Waals surface area contributed by atoms with Gasteiger partial charge in [0.25, 0.3) is 0 Å². The summed E-state index contributed by atoms with van der Waals surface area (Å²) in [5.74, 6) is 0.663. The van der Waals surface area contributed by atoms with Gasteiger partial charge in [0.15, 0.2) is 11.5 Å². The number of aromatic nitrogens is 4. The Morgan fingerprint density at radius 2 is 1.93 bits per heavy atom. The van der Waals surface area contributed by atoms with E-state index >= 15 is 0 Å². The first-order valence-electron chi connectivity index (χ1n) is 8.99. The van der Waals surface area contributed by atoms with Crippen molar-refractivity contribution in [1.29, 1.82) is 0 Å². The number of halogens is 1. The highest BCUT2D eigenvalue weighted by atomic mass is 19.1. The van der Waals surface area contributed by atoms with Gasteiger partial charge in [-0.3, -0.25) is 4.79 Å². The maximum atomic E-state index is 13.3. The van der Waals surface area contributed by atoms with E-state index in [-0.39, 0.29) is 24.7 Å². The van der Waals surface area contributed by atoms with Crippen LogP contribution in [0.2, 0.25) is 0 Å². The predicted molar refractivity (Wildman–Crippen MR) is 105 cm³/mol. The van der Waals surface area contributed by atoms with Crippen molar-refractivity contribution in [2.45, 2.75) is 13.0 Å². The molecule has 0 radical (unpaired) electrons. The fraction of sp³-hybridized carbons (Fsp3) is 0.143. The number of amides is 1. The molecule has 8 heteroatoms. The molecular weight excluding hydrogens is 373 g/mol. The van der Waals surface area contributed by atoms with Gasteiger partial charge in [0, 0.05) is 5.56 Å². The number of fused-ring (bicyclic) bond motifs is 1. The van der Waals surface area contributed by atoms with Crippen molar-refractivity contribution in [3.8, 4) is 17.0 Å². The van der Waals surface area contributed by atoms with Crippen molar-refractivity contribution in [2.24, 2.45) is 0 Å². The SMILES string of the molecule is COc1ccc(-c2ccc3nnc(CNC(=O)Cc4cccc(F)c4)n3n2)cc1. The second-order valence-corrected chi connectivity index (χ2v) is 6.42. The predicted octanol–water partition coefficient (Wildman–Crippen LogP) is 2.80. The van der Waals surface area contributed by atoms with Gasteiger partial charge in [-0.2, -0.15) is 9.61 Å². The molecule has 0 atom stereocenters. The second-order valence-electron chi connectivity index (χ2n) is 6.42. The molecule has 0 spiro atoms. The van der Waals surface area contributed by atoms with Crippen molar-refractivity contribution in [3.63, 3.8) is 0 Å². The molecule has 4 aromatic rings. The lowest BCUT2D eigenvalue weighted by Gasteiger charge is -2.06. The lowest BCUT2D eigenvalue weighted by atomic mass is 10.1. The molecule has 1 N–H and O–H groups in total. The fourth-order valence-electron chi connectivity index (χ4n) is 2.93. The number of benzene rings is 2. The number of nitrogens with zero attached hydrogens (tertiary/aromatic N) is 4. The Balaban J connectivity index is 1.49. The molecule has 29 heavy (non-hydrogen) atoms. The summed E-state index contributed by atoms with van der Waals surface area (Å²) < 4.78 is 20.0. The van der Waals surface area contributed by atoms with Crippen molar-refractivity contribution in [3.05, 3.63) is 77.9 Å². The Kier molecular flexibility index (Phi) is 5.15. The summed E-state index contributed by atoms with van der Waals surface area (Å²) in [7, 11) is 1.62. The van der Waals surface area contributed by atoms with E-state index in [0.717, 1.165) is 17.0 Å². The third-order valence-corrected chi connectivity index (χ3v) is 4.41. The highest BCUT2D eigenvalue weighted by molar-refractivity contribution is 5.78. The Labute approximate surface area is 166 Å². The number of ether oxygens (including phenoxy) is 1. The van der Waals surface area contributed by atoms with Crippen LogP contribution < -0.4 is 10.1 Å². The zero-order chi connectivity index (χ0) is 20.2. The monoisotopic (exact) mass is 391 g/mol. The first-order valence-corrected chi connectivity index (χ1v) is 8.99. The molecule has 0 unspecified atom stereocenters. The number of nitrogens with one attached hydrogen (secondary N) is 1. The normalized spacial score (nSPS) is 10.8. The van der Waals surface area contributed by atoms with Crippen LogP contribution in [0.4, 0.5) is 4.39 Å². The van der Waals surface area contributed by atoms with Crippen LogP contribution in [-0.2, 0) is 17.8 Å². The molecule has 2 heterocycles. The minimum Gasteiger partial charge on any atom is -0.497 e. The molecule has 0 aliphatic heterocycles. The Hall–Kier alpha value is -3.81. The van der Waals surface area contributed by atoms with E-state index in [1.54, 1.807) is 23.8 Å². The van der Waals surface area contributed by atoms with Crippen LogP contribution in [0.1, 0.15) is 11.4 Å². The van der Waals surface area contributed by atoms with Crippen LogP contribution in [0.15, 0.2) is 60.7 Å². The van der Waals surface area contributed by atoms with Crippen molar-refractivity contribution in [2.75, 3.05) is 7.11 Å². The summed E-state index contributed by atoms with van der Waals surface area (Å²) in [6, 6.07) is 17.2. The zero-order valence-electron chi connectivity index (χ0n) is 15.7. The molecule has 0 bridgehead atoms. The molecule has 0 aliphatic carbocycles. The maximum absolute atomic E-state index is 13.3. The van der Waals surface area contributed by atoms with E-state index in [2.05, 4.69) is 20.6 Å². The molecule has 0 saturated carbocycles. The number of carbonyl (C=O) groups excluding carboxylic acids is 1. The van der Waals surface area contributed by atoms with E-state index in [9.17, 15) is 9.18 Å². The third kappa shape index (κ3) is 4.21. The first-order chi connectivity index (χ1) is 14.1. The highest BCUT2D eigenvalue weighted by Gasteiger charge is 2.11. The third-order valence-electron chi connectivity index (χ3n) is 4.41. The van der Waals surface area contributed by atoms with Gasteiger partial charge in [0.1, 0.15) is 11.6 Å². The van der Waals surface area contributed by atoms with Gasteiger partial charge in [0.05, 0.1) is 25.8 Å². The molecule has 1 amide bonds. The molecule has 2 aromatic heterocycles. The van der Waals surface area contributed by atoms with Gasteiger partial charge in [-0.25, -0.2) is 4.39 Å². The van der Waals surface area contributed by atoms with Gasteiger partial charge in [-0.05, 0) is 54.1 Å². The number of rotatable bonds is 6. The molecule has 0 saturated heterocycles. The van der Waals surface area contributed by atoms with Gasteiger partial charge < -0.3 is 10.1 Å². The van der Waals surface area contributed by atoms with Gasteiger partial charge in [0.2, 0.25) is 5.91 Å².